The molecule has 1 amide bonds. The van der Waals surface area contributed by atoms with Crippen molar-refractivity contribution in [3.63, 3.8) is 0 Å². The van der Waals surface area contributed by atoms with Gasteiger partial charge in [-0.3, -0.25) is 4.72 Å². The monoisotopic (exact) mass is 601 g/mol. The van der Waals surface area contributed by atoms with Crippen LogP contribution in [0.3, 0.4) is 0 Å². The fraction of sp³-hybridized carbons (Fsp3) is 0.345. The van der Waals surface area contributed by atoms with Gasteiger partial charge in [0.05, 0.1) is 10.7 Å². The van der Waals surface area contributed by atoms with Crippen molar-refractivity contribution in [2.75, 3.05) is 10.0 Å². The summed E-state index contributed by atoms with van der Waals surface area (Å²) in [7, 11) is -4.05. The van der Waals surface area contributed by atoms with Crippen LogP contribution in [-0.4, -0.2) is 42.2 Å². The summed E-state index contributed by atoms with van der Waals surface area (Å²) in [5, 5.41) is 6.32. The van der Waals surface area contributed by atoms with Crippen LogP contribution in [0.15, 0.2) is 59.8 Å². The Hall–Kier alpha value is -3.70. The number of carbonyl (C=O) groups is 1. The summed E-state index contributed by atoms with van der Waals surface area (Å²) < 4.78 is 47.5. The SMILES string of the molecule is CC(C)(C)OC(=O)NC1CCC(Nc2ncc(/C=C/c3ccc(NS(=O)(=O)c4ccccc4Cl)c(F)c3)cn2)CC1. The van der Waals surface area contributed by atoms with Crippen LogP contribution in [0.4, 0.5) is 20.8 Å². The molecule has 0 radical (unpaired) electrons. The van der Waals surface area contributed by atoms with Gasteiger partial charge in [0, 0.05) is 30.0 Å². The van der Waals surface area contributed by atoms with E-state index in [2.05, 4.69) is 25.3 Å². The first-order chi connectivity index (χ1) is 19.4. The number of sulfonamides is 1. The van der Waals surface area contributed by atoms with Crippen LogP contribution in [0.2, 0.25) is 5.02 Å². The molecule has 218 valence electrons. The molecule has 0 atom stereocenters. The zero-order valence-electron chi connectivity index (χ0n) is 23.0. The predicted molar refractivity (Wildman–Crippen MR) is 159 cm³/mol. The van der Waals surface area contributed by atoms with Gasteiger partial charge in [0.25, 0.3) is 10.0 Å². The third kappa shape index (κ3) is 8.89. The fourth-order valence-corrected chi connectivity index (χ4v) is 5.90. The zero-order chi connectivity index (χ0) is 29.6. The first-order valence-electron chi connectivity index (χ1n) is 13.2. The minimum Gasteiger partial charge on any atom is -0.444 e. The third-order valence-electron chi connectivity index (χ3n) is 6.28. The number of carbonyl (C=O) groups excluding carboxylic acids is 1. The van der Waals surface area contributed by atoms with Crippen molar-refractivity contribution >= 4 is 51.5 Å². The van der Waals surface area contributed by atoms with E-state index in [0.717, 1.165) is 25.7 Å². The van der Waals surface area contributed by atoms with E-state index in [9.17, 15) is 17.6 Å². The molecule has 0 spiro atoms. The van der Waals surface area contributed by atoms with E-state index in [1.54, 1.807) is 36.7 Å². The molecular formula is C29H33ClFN5O4S. The number of aromatic nitrogens is 2. The van der Waals surface area contributed by atoms with Crippen LogP contribution in [-0.2, 0) is 14.8 Å². The van der Waals surface area contributed by atoms with Gasteiger partial charge in [-0.15, -0.1) is 0 Å². The predicted octanol–water partition coefficient (Wildman–Crippen LogP) is 6.49. The summed E-state index contributed by atoms with van der Waals surface area (Å²) in [4.78, 5) is 20.6. The highest BCUT2D eigenvalue weighted by Gasteiger charge is 2.25. The minimum atomic E-state index is -4.05. The number of rotatable bonds is 8. The van der Waals surface area contributed by atoms with E-state index < -0.39 is 27.5 Å². The largest absolute Gasteiger partial charge is 0.444 e. The van der Waals surface area contributed by atoms with Crippen LogP contribution in [0.1, 0.15) is 57.6 Å². The summed E-state index contributed by atoms with van der Waals surface area (Å²) >= 11 is 5.98. The quantitative estimate of drug-likeness (QED) is 0.270. The van der Waals surface area contributed by atoms with Crippen molar-refractivity contribution < 1.29 is 22.3 Å². The number of benzene rings is 2. The molecule has 1 aliphatic carbocycles. The highest BCUT2D eigenvalue weighted by Crippen LogP contribution is 2.26. The molecule has 0 saturated heterocycles. The molecule has 1 heterocycles. The summed E-state index contributed by atoms with van der Waals surface area (Å²) in [6, 6.07) is 10.4. The number of nitrogens with one attached hydrogen (secondary N) is 3. The number of anilines is 2. The van der Waals surface area contributed by atoms with E-state index in [0.29, 0.717) is 17.1 Å². The maximum atomic E-state index is 14.7. The van der Waals surface area contributed by atoms with Gasteiger partial charge in [0.15, 0.2) is 0 Å². The number of hydrogen-bond acceptors (Lipinski definition) is 7. The van der Waals surface area contributed by atoms with Crippen LogP contribution in [0.5, 0.6) is 0 Å². The van der Waals surface area contributed by atoms with Crippen LogP contribution in [0, 0.1) is 5.82 Å². The highest BCUT2D eigenvalue weighted by molar-refractivity contribution is 7.92. The molecule has 0 aliphatic heterocycles. The molecule has 0 unspecified atom stereocenters. The van der Waals surface area contributed by atoms with Crippen molar-refractivity contribution in [3.8, 4) is 0 Å². The maximum Gasteiger partial charge on any atom is 0.407 e. The maximum absolute atomic E-state index is 14.7. The molecule has 0 bridgehead atoms. The lowest BCUT2D eigenvalue weighted by Crippen LogP contribution is -2.42. The Labute approximate surface area is 244 Å². The molecule has 3 N–H and O–H groups in total. The number of hydrogen-bond donors (Lipinski definition) is 3. The Morgan fingerprint density at radius 1 is 1.00 bits per heavy atom. The summed E-state index contributed by atoms with van der Waals surface area (Å²) in [5.74, 6) is -0.221. The van der Waals surface area contributed by atoms with E-state index in [-0.39, 0.29) is 27.7 Å². The normalized spacial score (nSPS) is 17.7. The second-order valence-electron chi connectivity index (χ2n) is 10.8. The first kappa shape index (κ1) is 30.3. The second kappa shape index (κ2) is 12.9. The molecule has 1 fully saturated rings. The molecule has 2 aromatic carbocycles. The van der Waals surface area contributed by atoms with Gasteiger partial charge in [-0.1, -0.05) is 42.0 Å². The Morgan fingerprint density at radius 3 is 2.27 bits per heavy atom. The lowest BCUT2D eigenvalue weighted by atomic mass is 9.91. The van der Waals surface area contributed by atoms with Gasteiger partial charge in [-0.25, -0.2) is 27.6 Å². The lowest BCUT2D eigenvalue weighted by molar-refractivity contribution is 0.0492. The van der Waals surface area contributed by atoms with Gasteiger partial charge in [-0.05, 0) is 76.3 Å². The molecule has 1 aliphatic rings. The van der Waals surface area contributed by atoms with Gasteiger partial charge >= 0.3 is 6.09 Å². The zero-order valence-corrected chi connectivity index (χ0v) is 24.6. The first-order valence-corrected chi connectivity index (χ1v) is 15.1. The van der Waals surface area contributed by atoms with Crippen molar-refractivity contribution in [2.45, 2.75) is 69.0 Å². The Bertz CT molecular complexity index is 1500. The van der Waals surface area contributed by atoms with E-state index >= 15 is 0 Å². The van der Waals surface area contributed by atoms with Gasteiger partial charge in [-0.2, -0.15) is 0 Å². The smallest absolute Gasteiger partial charge is 0.407 e. The standard InChI is InChI=1S/C29H33ClFN5O4S/c1-29(2,3)40-28(37)35-22-13-11-21(12-14-22)34-27-32-17-20(18-33-27)9-8-19-10-15-25(24(31)16-19)36-41(38,39)26-7-5-4-6-23(26)30/h4-10,15-18,21-22,36H,11-14H2,1-3H3,(H,35,37)(H,32,33,34)/b9-8+. The van der Waals surface area contributed by atoms with Crippen LogP contribution in [0.25, 0.3) is 12.2 Å². The Kier molecular flexibility index (Phi) is 9.49. The average Bonchev–Trinajstić information content (AvgIpc) is 2.90. The molecule has 41 heavy (non-hydrogen) atoms. The summed E-state index contributed by atoms with van der Waals surface area (Å²) in [6.45, 7) is 5.51. The number of nitrogens with zero attached hydrogens (tertiary/aromatic N) is 2. The third-order valence-corrected chi connectivity index (χ3v) is 8.15. The highest BCUT2D eigenvalue weighted by atomic mass is 35.5. The fourth-order valence-electron chi connectivity index (χ4n) is 4.31. The molecule has 3 aromatic rings. The van der Waals surface area contributed by atoms with Gasteiger partial charge < -0.3 is 15.4 Å². The molecule has 12 heteroatoms. The molecule has 1 saturated carbocycles. The second-order valence-corrected chi connectivity index (χ2v) is 12.8. The minimum absolute atomic E-state index is 0.0448. The van der Waals surface area contributed by atoms with Crippen LogP contribution >= 0.6 is 11.6 Å². The van der Waals surface area contributed by atoms with E-state index in [1.807, 2.05) is 20.8 Å². The number of ether oxygens (including phenoxy) is 1. The van der Waals surface area contributed by atoms with Crippen molar-refractivity contribution in [2.24, 2.45) is 0 Å². The van der Waals surface area contributed by atoms with Crippen molar-refractivity contribution in [3.05, 3.63) is 76.8 Å². The Balaban J connectivity index is 1.28. The number of halogens is 2. The van der Waals surface area contributed by atoms with Crippen molar-refractivity contribution in [1.82, 2.24) is 15.3 Å². The van der Waals surface area contributed by atoms with E-state index in [4.69, 9.17) is 16.3 Å². The molecule has 4 rings (SSSR count). The van der Waals surface area contributed by atoms with Crippen molar-refractivity contribution in [1.29, 1.82) is 0 Å². The summed E-state index contributed by atoms with van der Waals surface area (Å²) in [6.07, 6.45) is 9.72. The Morgan fingerprint density at radius 2 is 1.63 bits per heavy atom. The molecule has 1 aromatic heterocycles. The topological polar surface area (TPSA) is 122 Å². The lowest BCUT2D eigenvalue weighted by Gasteiger charge is -2.30. The van der Waals surface area contributed by atoms with Crippen LogP contribution < -0.4 is 15.4 Å². The van der Waals surface area contributed by atoms with E-state index in [1.165, 1.54) is 30.3 Å². The average molecular weight is 602 g/mol. The van der Waals surface area contributed by atoms with Gasteiger partial charge in [0.1, 0.15) is 16.3 Å². The van der Waals surface area contributed by atoms with Gasteiger partial charge in [0.2, 0.25) is 5.95 Å². The molecular weight excluding hydrogens is 569 g/mol. The summed E-state index contributed by atoms with van der Waals surface area (Å²) in [5.41, 5.74) is 0.533. The molecule has 9 nitrogen and oxygen atoms in total. The number of alkyl carbamates (subject to hydrolysis) is 1. The number of amides is 1.